The summed E-state index contributed by atoms with van der Waals surface area (Å²) in [6, 6.07) is 6.53. The van der Waals surface area contributed by atoms with Gasteiger partial charge in [0.05, 0.1) is 23.7 Å². The first-order valence-corrected chi connectivity index (χ1v) is 6.14. The van der Waals surface area contributed by atoms with Crippen LogP contribution in [0.5, 0.6) is 0 Å². The van der Waals surface area contributed by atoms with Crippen LogP contribution in [0.15, 0.2) is 18.2 Å². The lowest BCUT2D eigenvalue weighted by Crippen LogP contribution is -2.51. The number of ether oxygens (including phenoxy) is 1. The molecule has 1 heterocycles. The van der Waals surface area contributed by atoms with Crippen molar-refractivity contribution < 1.29 is 14.3 Å². The molecular weight excluding hydrogens is 284 g/mol. The molecule has 0 radical (unpaired) electrons. The molecule has 2 N–H and O–H groups in total. The smallest absolute Gasteiger partial charge is 0.421 e. The van der Waals surface area contributed by atoms with Crippen LogP contribution in [0.3, 0.4) is 0 Å². The SMILES string of the molecule is N#Cc1ccc(NC(=O)CN2CCOC(=O)N2)cc1Cl. The fourth-order valence-corrected chi connectivity index (χ4v) is 1.86. The van der Waals surface area contributed by atoms with E-state index in [9.17, 15) is 9.59 Å². The minimum Gasteiger partial charge on any atom is -0.447 e. The fourth-order valence-electron chi connectivity index (χ4n) is 1.64. The van der Waals surface area contributed by atoms with Crippen LogP contribution in [-0.4, -0.2) is 36.7 Å². The maximum atomic E-state index is 11.8. The molecule has 0 atom stereocenters. The summed E-state index contributed by atoms with van der Waals surface area (Å²) >= 11 is 5.87. The van der Waals surface area contributed by atoms with E-state index in [0.29, 0.717) is 17.8 Å². The molecule has 1 aliphatic rings. The molecule has 1 aromatic rings. The van der Waals surface area contributed by atoms with Crippen LogP contribution in [0.25, 0.3) is 0 Å². The summed E-state index contributed by atoms with van der Waals surface area (Å²) in [5.74, 6) is -0.312. The molecule has 7 nitrogen and oxygen atoms in total. The Morgan fingerprint density at radius 2 is 2.40 bits per heavy atom. The molecule has 0 aliphatic carbocycles. The second kappa shape index (κ2) is 6.23. The number of anilines is 1. The van der Waals surface area contributed by atoms with Crippen LogP contribution < -0.4 is 10.7 Å². The van der Waals surface area contributed by atoms with Crippen molar-refractivity contribution in [1.82, 2.24) is 10.4 Å². The minimum atomic E-state index is -0.578. The van der Waals surface area contributed by atoms with Gasteiger partial charge in [-0.05, 0) is 18.2 Å². The summed E-state index contributed by atoms with van der Waals surface area (Å²) in [5.41, 5.74) is 3.23. The van der Waals surface area contributed by atoms with Gasteiger partial charge in [-0.2, -0.15) is 5.26 Å². The number of nitriles is 1. The normalized spacial score (nSPS) is 14.9. The molecule has 0 spiro atoms. The maximum Gasteiger partial charge on any atom is 0.421 e. The number of nitrogens with zero attached hydrogens (tertiary/aromatic N) is 2. The van der Waals surface area contributed by atoms with Gasteiger partial charge in [0.2, 0.25) is 5.91 Å². The summed E-state index contributed by atoms with van der Waals surface area (Å²) in [5, 5.41) is 13.1. The predicted molar refractivity (Wildman–Crippen MR) is 70.9 cm³/mol. The van der Waals surface area contributed by atoms with E-state index in [-0.39, 0.29) is 24.1 Å². The van der Waals surface area contributed by atoms with Crippen LogP contribution in [0.2, 0.25) is 5.02 Å². The van der Waals surface area contributed by atoms with Gasteiger partial charge in [0, 0.05) is 5.69 Å². The molecule has 1 aliphatic heterocycles. The van der Waals surface area contributed by atoms with Gasteiger partial charge in [0.1, 0.15) is 12.7 Å². The third-order valence-electron chi connectivity index (χ3n) is 2.55. The summed E-state index contributed by atoms with van der Waals surface area (Å²) in [6.07, 6.45) is -0.578. The van der Waals surface area contributed by atoms with Crippen molar-refractivity contribution in [2.75, 3.05) is 25.0 Å². The van der Waals surface area contributed by atoms with Crippen LogP contribution >= 0.6 is 11.6 Å². The Kier molecular flexibility index (Phi) is 4.40. The van der Waals surface area contributed by atoms with Gasteiger partial charge in [-0.25, -0.2) is 9.80 Å². The van der Waals surface area contributed by atoms with Gasteiger partial charge < -0.3 is 10.1 Å². The molecule has 8 heteroatoms. The van der Waals surface area contributed by atoms with Gasteiger partial charge in [0.15, 0.2) is 0 Å². The van der Waals surface area contributed by atoms with Crippen molar-refractivity contribution >= 4 is 29.3 Å². The zero-order valence-electron chi connectivity index (χ0n) is 10.4. The van der Waals surface area contributed by atoms with E-state index >= 15 is 0 Å². The van der Waals surface area contributed by atoms with Crippen molar-refractivity contribution in [3.05, 3.63) is 28.8 Å². The van der Waals surface area contributed by atoms with Crippen LogP contribution in [-0.2, 0) is 9.53 Å². The van der Waals surface area contributed by atoms with Gasteiger partial charge in [0.25, 0.3) is 0 Å². The first kappa shape index (κ1) is 14.1. The standard InChI is InChI=1S/C12H11ClN4O3/c13-10-5-9(2-1-8(10)6-14)15-11(18)7-17-3-4-20-12(19)16-17/h1-2,5H,3-4,7H2,(H,15,18)(H,16,19). The van der Waals surface area contributed by atoms with E-state index in [4.69, 9.17) is 16.9 Å². The molecule has 0 bridgehead atoms. The van der Waals surface area contributed by atoms with Crippen molar-refractivity contribution in [2.24, 2.45) is 0 Å². The number of carbonyl (C=O) groups is 2. The molecule has 0 aromatic heterocycles. The first-order chi connectivity index (χ1) is 9.58. The monoisotopic (exact) mass is 294 g/mol. The number of carbonyl (C=O) groups excluding carboxylic acids is 2. The number of nitrogens with one attached hydrogen (secondary N) is 2. The summed E-state index contributed by atoms with van der Waals surface area (Å²) in [4.78, 5) is 22.8. The number of hydrogen-bond donors (Lipinski definition) is 2. The van der Waals surface area contributed by atoms with Crippen LogP contribution in [0.4, 0.5) is 10.5 Å². The number of amides is 2. The Balaban J connectivity index is 1.93. The largest absolute Gasteiger partial charge is 0.447 e. The van der Waals surface area contributed by atoms with E-state index in [1.165, 1.54) is 17.1 Å². The quantitative estimate of drug-likeness (QED) is 0.871. The molecule has 1 fully saturated rings. The van der Waals surface area contributed by atoms with Crippen LogP contribution in [0.1, 0.15) is 5.56 Å². The van der Waals surface area contributed by atoms with E-state index in [1.807, 2.05) is 6.07 Å². The van der Waals surface area contributed by atoms with Gasteiger partial charge in [-0.15, -0.1) is 0 Å². The molecule has 2 amide bonds. The topological polar surface area (TPSA) is 94.5 Å². The molecule has 1 aromatic carbocycles. The predicted octanol–water partition coefficient (Wildman–Crippen LogP) is 1.11. The second-order valence-corrected chi connectivity index (χ2v) is 4.43. The zero-order valence-corrected chi connectivity index (χ0v) is 11.1. The molecule has 1 saturated heterocycles. The summed E-state index contributed by atoms with van der Waals surface area (Å²) in [7, 11) is 0. The average Bonchev–Trinajstić information content (AvgIpc) is 2.38. The first-order valence-electron chi connectivity index (χ1n) is 5.76. The zero-order chi connectivity index (χ0) is 14.5. The number of hydrogen-bond acceptors (Lipinski definition) is 5. The number of rotatable bonds is 3. The lowest BCUT2D eigenvalue weighted by atomic mass is 10.2. The molecule has 0 saturated carbocycles. The van der Waals surface area contributed by atoms with Crippen molar-refractivity contribution in [3.8, 4) is 6.07 Å². The molecule has 0 unspecified atom stereocenters. The van der Waals surface area contributed by atoms with E-state index in [2.05, 4.69) is 15.5 Å². The van der Waals surface area contributed by atoms with Gasteiger partial charge in [-0.3, -0.25) is 10.2 Å². The number of hydrazine groups is 1. The third kappa shape index (κ3) is 3.60. The van der Waals surface area contributed by atoms with Gasteiger partial charge >= 0.3 is 6.09 Å². The Morgan fingerprint density at radius 1 is 1.60 bits per heavy atom. The Hall–Kier alpha value is -2.30. The summed E-state index contributed by atoms with van der Waals surface area (Å²) < 4.78 is 4.68. The number of halogens is 1. The highest BCUT2D eigenvalue weighted by Crippen LogP contribution is 2.20. The molecule has 2 rings (SSSR count). The van der Waals surface area contributed by atoms with E-state index < -0.39 is 6.09 Å². The third-order valence-corrected chi connectivity index (χ3v) is 2.86. The van der Waals surface area contributed by atoms with Crippen molar-refractivity contribution in [1.29, 1.82) is 5.26 Å². The Bertz CT molecular complexity index is 585. The highest BCUT2D eigenvalue weighted by atomic mass is 35.5. The van der Waals surface area contributed by atoms with Gasteiger partial charge in [-0.1, -0.05) is 11.6 Å². The highest BCUT2D eigenvalue weighted by Gasteiger charge is 2.19. The number of benzene rings is 1. The Labute approximate surface area is 120 Å². The second-order valence-electron chi connectivity index (χ2n) is 4.02. The molecular formula is C12H11ClN4O3. The summed E-state index contributed by atoms with van der Waals surface area (Å²) in [6.45, 7) is 0.655. The minimum absolute atomic E-state index is 0.00722. The molecule has 20 heavy (non-hydrogen) atoms. The lowest BCUT2D eigenvalue weighted by molar-refractivity contribution is -0.118. The fraction of sp³-hybridized carbons (Fsp3) is 0.250. The average molecular weight is 295 g/mol. The lowest BCUT2D eigenvalue weighted by Gasteiger charge is -2.26. The van der Waals surface area contributed by atoms with Crippen LogP contribution in [0, 0.1) is 11.3 Å². The van der Waals surface area contributed by atoms with E-state index in [0.717, 1.165) is 0 Å². The van der Waals surface area contributed by atoms with Crippen molar-refractivity contribution in [3.63, 3.8) is 0 Å². The van der Waals surface area contributed by atoms with Crippen molar-refractivity contribution in [2.45, 2.75) is 0 Å². The number of cyclic esters (lactones) is 1. The molecule has 104 valence electrons. The van der Waals surface area contributed by atoms with E-state index in [1.54, 1.807) is 6.07 Å². The maximum absolute atomic E-state index is 11.8. The Morgan fingerprint density at radius 3 is 3.05 bits per heavy atom. The highest BCUT2D eigenvalue weighted by molar-refractivity contribution is 6.32.